The first-order chi connectivity index (χ1) is 11.3. The van der Waals surface area contributed by atoms with E-state index < -0.39 is 27.4 Å². The van der Waals surface area contributed by atoms with Crippen molar-refractivity contribution in [2.45, 2.75) is 29.0 Å². The van der Waals surface area contributed by atoms with Crippen molar-refractivity contribution in [2.24, 2.45) is 0 Å². The van der Waals surface area contributed by atoms with Crippen LogP contribution >= 0.6 is 11.3 Å². The number of benzene rings is 1. The Morgan fingerprint density at radius 2 is 1.88 bits per heavy atom. The lowest BCUT2D eigenvalue weighted by Crippen LogP contribution is -2.44. The summed E-state index contributed by atoms with van der Waals surface area (Å²) in [7, 11) is -4.02. The van der Waals surface area contributed by atoms with Gasteiger partial charge in [0.05, 0.1) is 4.88 Å². The van der Waals surface area contributed by atoms with E-state index in [1.165, 1.54) is 19.1 Å². The van der Waals surface area contributed by atoms with Crippen LogP contribution < -0.4 is 4.72 Å². The van der Waals surface area contributed by atoms with Crippen molar-refractivity contribution in [1.82, 2.24) is 4.72 Å². The van der Waals surface area contributed by atoms with E-state index in [2.05, 4.69) is 4.72 Å². The van der Waals surface area contributed by atoms with Crippen LogP contribution in [0.4, 0.5) is 0 Å². The van der Waals surface area contributed by atoms with Gasteiger partial charge in [-0.3, -0.25) is 9.59 Å². The highest BCUT2D eigenvalue weighted by Gasteiger charge is 2.63. The zero-order valence-corrected chi connectivity index (χ0v) is 14.4. The molecule has 0 spiro atoms. The van der Waals surface area contributed by atoms with Crippen LogP contribution in [0.3, 0.4) is 0 Å². The van der Waals surface area contributed by atoms with Crippen LogP contribution in [0.5, 0.6) is 0 Å². The fourth-order valence-electron chi connectivity index (χ4n) is 2.69. The number of Topliss-reactive ketones (excluding diaryl/α,β-unsaturated/α-hetero) is 1. The predicted molar refractivity (Wildman–Crippen MR) is 88.8 cm³/mol. The molecule has 1 saturated carbocycles. The highest BCUT2D eigenvalue weighted by Crippen LogP contribution is 2.52. The lowest BCUT2D eigenvalue weighted by Gasteiger charge is -2.14. The van der Waals surface area contributed by atoms with Gasteiger partial charge in [-0.05, 0) is 31.0 Å². The molecule has 3 rings (SSSR count). The molecule has 1 heterocycles. The third-order valence-corrected chi connectivity index (χ3v) is 7.24. The summed E-state index contributed by atoms with van der Waals surface area (Å²) in [5, 5.41) is 9.56. The molecule has 1 aromatic heterocycles. The first-order valence-electron chi connectivity index (χ1n) is 7.19. The zero-order chi connectivity index (χ0) is 17.5. The summed E-state index contributed by atoms with van der Waals surface area (Å²) in [6, 6.07) is 11.7. The Morgan fingerprint density at radius 1 is 1.21 bits per heavy atom. The zero-order valence-electron chi connectivity index (χ0n) is 12.7. The largest absolute Gasteiger partial charge is 0.480 e. The predicted octanol–water partition coefficient (Wildman–Crippen LogP) is 2.24. The van der Waals surface area contributed by atoms with Crippen LogP contribution in [-0.4, -0.2) is 30.8 Å². The molecular formula is C16H15NO5S2. The van der Waals surface area contributed by atoms with Crippen molar-refractivity contribution in [1.29, 1.82) is 0 Å². The van der Waals surface area contributed by atoms with E-state index in [1.807, 2.05) is 6.07 Å². The third-order valence-electron chi connectivity index (χ3n) is 4.05. The summed E-state index contributed by atoms with van der Waals surface area (Å²) >= 11 is 0.832. The quantitative estimate of drug-likeness (QED) is 0.765. The van der Waals surface area contributed by atoms with E-state index in [0.29, 0.717) is 4.88 Å². The fraction of sp³-hybridized carbons (Fsp3) is 0.250. The first-order valence-corrected chi connectivity index (χ1v) is 9.49. The molecule has 0 saturated heterocycles. The van der Waals surface area contributed by atoms with Crippen molar-refractivity contribution in [3.63, 3.8) is 0 Å². The standard InChI is InChI=1S/C16H15NO5S2/c1-10(18)13-7-8-14(23-13)24(21,22)17-16(15(19)20)9-12(16)11-5-3-2-4-6-11/h2-8,12,17H,9H2,1H3,(H,19,20)/t12-,16+/m0/s1. The molecule has 2 N–H and O–H groups in total. The first kappa shape index (κ1) is 16.8. The summed E-state index contributed by atoms with van der Waals surface area (Å²) in [6.07, 6.45) is 0.191. The average molecular weight is 365 g/mol. The number of ketones is 1. The minimum absolute atomic E-state index is 0.0629. The summed E-state index contributed by atoms with van der Waals surface area (Å²) in [6.45, 7) is 1.35. The summed E-state index contributed by atoms with van der Waals surface area (Å²) in [4.78, 5) is 23.4. The second-order valence-corrected chi connectivity index (χ2v) is 8.72. The van der Waals surface area contributed by atoms with Gasteiger partial charge in [0.25, 0.3) is 10.0 Å². The van der Waals surface area contributed by atoms with E-state index >= 15 is 0 Å². The summed E-state index contributed by atoms with van der Waals surface area (Å²) in [5.41, 5.74) is -0.765. The molecule has 0 amide bonds. The minimum Gasteiger partial charge on any atom is -0.480 e. The third kappa shape index (κ3) is 2.88. The van der Waals surface area contributed by atoms with Gasteiger partial charge in [0.2, 0.25) is 0 Å². The number of thiophene rings is 1. The van der Waals surface area contributed by atoms with Gasteiger partial charge in [0.1, 0.15) is 9.75 Å². The highest BCUT2D eigenvalue weighted by atomic mass is 32.2. The molecule has 1 aliphatic rings. The topological polar surface area (TPSA) is 101 Å². The number of carboxylic acid groups (broad SMARTS) is 1. The molecule has 0 aliphatic heterocycles. The SMILES string of the molecule is CC(=O)c1ccc(S(=O)(=O)N[C@]2(C(=O)O)C[C@H]2c2ccccc2)s1. The Bertz CT molecular complexity index is 904. The molecule has 0 radical (unpaired) electrons. The number of rotatable bonds is 6. The number of nitrogens with one attached hydrogen (secondary N) is 1. The van der Waals surface area contributed by atoms with E-state index in [-0.39, 0.29) is 16.4 Å². The Labute approximate surface area is 143 Å². The lowest BCUT2D eigenvalue weighted by atomic mass is 10.1. The van der Waals surface area contributed by atoms with E-state index in [0.717, 1.165) is 16.9 Å². The van der Waals surface area contributed by atoms with Gasteiger partial charge in [-0.2, -0.15) is 4.72 Å². The van der Waals surface area contributed by atoms with Crippen LogP contribution in [-0.2, 0) is 14.8 Å². The van der Waals surface area contributed by atoms with Crippen LogP contribution in [0.1, 0.15) is 34.5 Å². The monoisotopic (exact) mass is 365 g/mol. The van der Waals surface area contributed by atoms with Gasteiger partial charge in [-0.15, -0.1) is 11.3 Å². The van der Waals surface area contributed by atoms with E-state index in [1.54, 1.807) is 24.3 Å². The molecular weight excluding hydrogens is 350 g/mol. The number of sulfonamides is 1. The number of carbonyl (C=O) groups is 2. The molecule has 1 fully saturated rings. The average Bonchev–Trinajstić information content (AvgIpc) is 3.02. The molecule has 8 heteroatoms. The van der Waals surface area contributed by atoms with Crippen molar-refractivity contribution in [3.05, 3.63) is 52.9 Å². The van der Waals surface area contributed by atoms with Crippen molar-refractivity contribution >= 4 is 33.1 Å². The summed E-state index contributed by atoms with van der Waals surface area (Å²) < 4.78 is 27.3. The van der Waals surface area contributed by atoms with E-state index in [4.69, 9.17) is 0 Å². The van der Waals surface area contributed by atoms with Gasteiger partial charge in [-0.1, -0.05) is 30.3 Å². The number of hydrogen-bond donors (Lipinski definition) is 2. The van der Waals surface area contributed by atoms with Gasteiger partial charge < -0.3 is 5.11 Å². The number of carboxylic acids is 1. The molecule has 24 heavy (non-hydrogen) atoms. The van der Waals surface area contributed by atoms with Crippen LogP contribution in [0.25, 0.3) is 0 Å². The lowest BCUT2D eigenvalue weighted by molar-refractivity contribution is -0.140. The smallest absolute Gasteiger partial charge is 0.325 e. The van der Waals surface area contributed by atoms with Gasteiger partial charge >= 0.3 is 5.97 Å². The Hall–Kier alpha value is -2.03. The molecule has 6 nitrogen and oxygen atoms in total. The maximum atomic E-state index is 12.5. The number of aliphatic carboxylic acids is 1. The normalized spacial score (nSPS) is 23.0. The Kier molecular flexibility index (Phi) is 4.06. The molecule has 2 aromatic rings. The fourth-order valence-corrected chi connectivity index (χ4v) is 5.29. The summed E-state index contributed by atoms with van der Waals surface area (Å²) in [5.74, 6) is -1.86. The molecule has 0 bridgehead atoms. The maximum absolute atomic E-state index is 12.5. The van der Waals surface area contributed by atoms with Crippen molar-refractivity contribution in [3.8, 4) is 0 Å². The molecule has 0 unspecified atom stereocenters. The minimum atomic E-state index is -4.02. The maximum Gasteiger partial charge on any atom is 0.325 e. The molecule has 126 valence electrons. The second-order valence-electron chi connectivity index (χ2n) is 5.72. The highest BCUT2D eigenvalue weighted by molar-refractivity contribution is 7.91. The van der Waals surface area contributed by atoms with Gasteiger partial charge in [0.15, 0.2) is 5.78 Å². The van der Waals surface area contributed by atoms with Crippen molar-refractivity contribution in [2.75, 3.05) is 0 Å². The molecule has 1 aromatic carbocycles. The Morgan fingerprint density at radius 3 is 2.42 bits per heavy atom. The van der Waals surface area contributed by atoms with Crippen LogP contribution in [0.15, 0.2) is 46.7 Å². The van der Waals surface area contributed by atoms with Crippen LogP contribution in [0, 0.1) is 0 Å². The second kappa shape index (κ2) is 5.80. The number of carbonyl (C=O) groups excluding carboxylic acids is 1. The van der Waals surface area contributed by atoms with Crippen LogP contribution in [0.2, 0.25) is 0 Å². The van der Waals surface area contributed by atoms with E-state index in [9.17, 15) is 23.1 Å². The molecule has 2 atom stereocenters. The van der Waals surface area contributed by atoms with Gasteiger partial charge in [-0.25, -0.2) is 8.42 Å². The van der Waals surface area contributed by atoms with Gasteiger partial charge in [0, 0.05) is 5.92 Å². The Balaban J connectivity index is 1.89. The van der Waals surface area contributed by atoms with Crippen molar-refractivity contribution < 1.29 is 23.1 Å². The molecule has 1 aliphatic carbocycles. The number of hydrogen-bond acceptors (Lipinski definition) is 5.